The number of likely N-dealkylation sites (N-methyl/N-ethyl adjacent to an activating group) is 1. The Bertz CT molecular complexity index is 438. The normalized spacial score (nSPS) is 17.4. The predicted octanol–water partition coefficient (Wildman–Crippen LogP) is 1.59. The number of rotatable bonds is 6. The lowest BCUT2D eigenvalue weighted by atomic mass is 10.3. The van der Waals surface area contributed by atoms with Gasteiger partial charge in [0.2, 0.25) is 0 Å². The van der Waals surface area contributed by atoms with Gasteiger partial charge >= 0.3 is 0 Å². The van der Waals surface area contributed by atoms with Gasteiger partial charge in [0.1, 0.15) is 5.76 Å². The SMILES string of the molecule is CN=C(NCCCN1CCCN(C)CC1)NCc1ccco1.I. The largest absolute Gasteiger partial charge is 0.467 e. The lowest BCUT2D eigenvalue weighted by Crippen LogP contribution is -2.38. The van der Waals surface area contributed by atoms with Crippen molar-refractivity contribution in [2.24, 2.45) is 4.99 Å². The second-order valence-electron chi connectivity index (χ2n) is 5.78. The first-order chi connectivity index (χ1) is 10.8. The van der Waals surface area contributed by atoms with Gasteiger partial charge in [-0.25, -0.2) is 0 Å². The first-order valence-electron chi connectivity index (χ1n) is 8.16. The van der Waals surface area contributed by atoms with Crippen LogP contribution >= 0.6 is 24.0 Å². The molecule has 1 aromatic heterocycles. The molecule has 1 aliphatic heterocycles. The molecule has 1 aromatic rings. The molecule has 0 unspecified atom stereocenters. The highest BCUT2D eigenvalue weighted by Gasteiger charge is 2.11. The van der Waals surface area contributed by atoms with Gasteiger partial charge in [-0.1, -0.05) is 0 Å². The molecule has 0 aliphatic carbocycles. The average molecular weight is 435 g/mol. The van der Waals surface area contributed by atoms with E-state index in [0.717, 1.165) is 31.2 Å². The molecule has 0 aromatic carbocycles. The van der Waals surface area contributed by atoms with Crippen molar-refractivity contribution in [1.82, 2.24) is 20.4 Å². The summed E-state index contributed by atoms with van der Waals surface area (Å²) in [6.45, 7) is 7.54. The van der Waals surface area contributed by atoms with Gasteiger partial charge in [-0.2, -0.15) is 0 Å². The van der Waals surface area contributed by atoms with Crippen molar-refractivity contribution in [2.75, 3.05) is 53.4 Å². The van der Waals surface area contributed by atoms with Gasteiger partial charge in [-0.15, -0.1) is 24.0 Å². The van der Waals surface area contributed by atoms with Crippen molar-refractivity contribution in [3.63, 3.8) is 0 Å². The Hall–Kier alpha value is -0.800. The zero-order valence-electron chi connectivity index (χ0n) is 14.3. The molecule has 0 bridgehead atoms. The summed E-state index contributed by atoms with van der Waals surface area (Å²) in [5.41, 5.74) is 0. The standard InChI is InChI=1S/C16H29N5O.HI/c1-17-16(19-14-15-6-3-13-22-15)18-7-4-9-21-10-5-8-20(2)11-12-21;/h3,6,13H,4-5,7-12,14H2,1-2H3,(H2,17,18,19);1H. The third-order valence-corrected chi connectivity index (χ3v) is 3.99. The van der Waals surface area contributed by atoms with Crippen LogP contribution in [0.25, 0.3) is 0 Å². The number of hydrogen-bond donors (Lipinski definition) is 2. The zero-order valence-corrected chi connectivity index (χ0v) is 16.6. The number of nitrogens with zero attached hydrogens (tertiary/aromatic N) is 3. The Kier molecular flexibility index (Phi) is 10.3. The number of guanidine groups is 1. The van der Waals surface area contributed by atoms with Crippen LogP contribution in [0.1, 0.15) is 18.6 Å². The first kappa shape index (κ1) is 20.2. The topological polar surface area (TPSA) is 56.0 Å². The van der Waals surface area contributed by atoms with Crippen molar-refractivity contribution in [3.05, 3.63) is 24.2 Å². The van der Waals surface area contributed by atoms with Crippen molar-refractivity contribution in [3.8, 4) is 0 Å². The van der Waals surface area contributed by atoms with E-state index in [1.54, 1.807) is 13.3 Å². The lowest BCUT2D eigenvalue weighted by Gasteiger charge is -2.20. The fraction of sp³-hybridized carbons (Fsp3) is 0.688. The number of halogens is 1. The van der Waals surface area contributed by atoms with Crippen molar-refractivity contribution in [2.45, 2.75) is 19.4 Å². The lowest BCUT2D eigenvalue weighted by molar-refractivity contribution is 0.274. The van der Waals surface area contributed by atoms with Crippen LogP contribution < -0.4 is 10.6 Å². The van der Waals surface area contributed by atoms with Gasteiger partial charge < -0.3 is 24.9 Å². The van der Waals surface area contributed by atoms with Gasteiger partial charge in [0.05, 0.1) is 12.8 Å². The van der Waals surface area contributed by atoms with E-state index >= 15 is 0 Å². The maximum absolute atomic E-state index is 5.30. The summed E-state index contributed by atoms with van der Waals surface area (Å²) < 4.78 is 5.30. The predicted molar refractivity (Wildman–Crippen MR) is 105 cm³/mol. The van der Waals surface area contributed by atoms with E-state index in [-0.39, 0.29) is 24.0 Å². The number of nitrogens with one attached hydrogen (secondary N) is 2. The molecule has 1 saturated heterocycles. The first-order valence-corrected chi connectivity index (χ1v) is 8.16. The molecule has 0 spiro atoms. The maximum atomic E-state index is 5.30. The maximum Gasteiger partial charge on any atom is 0.191 e. The zero-order chi connectivity index (χ0) is 15.6. The molecule has 2 heterocycles. The highest BCUT2D eigenvalue weighted by Crippen LogP contribution is 2.01. The Morgan fingerprint density at radius 3 is 2.87 bits per heavy atom. The van der Waals surface area contributed by atoms with E-state index in [9.17, 15) is 0 Å². The third-order valence-electron chi connectivity index (χ3n) is 3.99. The van der Waals surface area contributed by atoms with Gasteiger partial charge in [0.25, 0.3) is 0 Å². The molecule has 0 saturated carbocycles. The van der Waals surface area contributed by atoms with E-state index in [1.165, 1.54) is 32.6 Å². The van der Waals surface area contributed by atoms with Gasteiger partial charge in [-0.3, -0.25) is 4.99 Å². The molecule has 23 heavy (non-hydrogen) atoms. The summed E-state index contributed by atoms with van der Waals surface area (Å²) >= 11 is 0. The van der Waals surface area contributed by atoms with E-state index in [2.05, 4.69) is 32.5 Å². The van der Waals surface area contributed by atoms with Gasteiger partial charge in [0.15, 0.2) is 5.96 Å². The van der Waals surface area contributed by atoms with Crippen LogP contribution in [0.15, 0.2) is 27.8 Å². The van der Waals surface area contributed by atoms with Gasteiger partial charge in [-0.05, 0) is 51.7 Å². The Balaban J connectivity index is 0.00000264. The van der Waals surface area contributed by atoms with Crippen molar-refractivity contribution >= 4 is 29.9 Å². The minimum atomic E-state index is 0. The fourth-order valence-corrected chi connectivity index (χ4v) is 2.64. The van der Waals surface area contributed by atoms with E-state index in [1.807, 2.05) is 12.1 Å². The van der Waals surface area contributed by atoms with E-state index < -0.39 is 0 Å². The monoisotopic (exact) mass is 435 g/mol. The molecule has 1 aliphatic rings. The Morgan fingerprint density at radius 2 is 2.13 bits per heavy atom. The number of furan rings is 1. The highest BCUT2D eigenvalue weighted by molar-refractivity contribution is 14.0. The van der Waals surface area contributed by atoms with Crippen LogP contribution in [-0.2, 0) is 6.54 Å². The number of hydrogen-bond acceptors (Lipinski definition) is 4. The van der Waals surface area contributed by atoms with Crippen LogP contribution in [0, 0.1) is 0 Å². The summed E-state index contributed by atoms with van der Waals surface area (Å²) in [5.74, 6) is 1.74. The van der Waals surface area contributed by atoms with Crippen LogP contribution in [0.4, 0.5) is 0 Å². The molecule has 132 valence electrons. The molecule has 7 heteroatoms. The molecule has 2 rings (SSSR count). The van der Waals surface area contributed by atoms with E-state index in [0.29, 0.717) is 6.54 Å². The molecular weight excluding hydrogens is 405 g/mol. The minimum Gasteiger partial charge on any atom is -0.467 e. The second-order valence-corrected chi connectivity index (χ2v) is 5.78. The summed E-state index contributed by atoms with van der Waals surface area (Å²) in [7, 11) is 4.00. The summed E-state index contributed by atoms with van der Waals surface area (Å²) in [4.78, 5) is 9.20. The van der Waals surface area contributed by atoms with Crippen LogP contribution in [0.2, 0.25) is 0 Å². The molecule has 1 fully saturated rings. The Labute approximate surface area is 156 Å². The fourth-order valence-electron chi connectivity index (χ4n) is 2.64. The molecular formula is C16H30IN5O. The molecule has 2 N–H and O–H groups in total. The average Bonchev–Trinajstić information content (AvgIpc) is 2.96. The van der Waals surface area contributed by atoms with Crippen LogP contribution in [0.3, 0.4) is 0 Å². The Morgan fingerprint density at radius 1 is 1.26 bits per heavy atom. The van der Waals surface area contributed by atoms with Crippen molar-refractivity contribution < 1.29 is 4.42 Å². The third kappa shape index (κ3) is 8.03. The molecule has 0 atom stereocenters. The molecule has 0 amide bonds. The quantitative estimate of drug-likeness (QED) is 0.308. The van der Waals surface area contributed by atoms with E-state index in [4.69, 9.17) is 4.42 Å². The van der Waals surface area contributed by atoms with Gasteiger partial charge in [0, 0.05) is 26.7 Å². The minimum absolute atomic E-state index is 0. The summed E-state index contributed by atoms with van der Waals surface area (Å²) in [6, 6.07) is 3.85. The smallest absolute Gasteiger partial charge is 0.191 e. The molecule has 0 radical (unpaired) electrons. The molecule has 6 nitrogen and oxygen atoms in total. The van der Waals surface area contributed by atoms with Crippen molar-refractivity contribution in [1.29, 1.82) is 0 Å². The summed E-state index contributed by atoms with van der Waals surface area (Å²) in [6.07, 6.45) is 4.09. The highest BCUT2D eigenvalue weighted by atomic mass is 127. The summed E-state index contributed by atoms with van der Waals surface area (Å²) in [5, 5.41) is 6.61. The van der Waals surface area contributed by atoms with Crippen LogP contribution in [-0.4, -0.2) is 69.1 Å². The second kappa shape index (κ2) is 11.7. The van der Waals surface area contributed by atoms with Crippen LogP contribution in [0.5, 0.6) is 0 Å². The number of aliphatic imine (C=N–C) groups is 1.